The van der Waals surface area contributed by atoms with Gasteiger partial charge in [-0.1, -0.05) is 13.8 Å². The minimum Gasteiger partial charge on any atom is -0.497 e. The molecule has 0 bridgehead atoms. The SMILES string of the molecule is COc1cc(OC)cc(C2(O)CCC(C)(C)C2)c1. The fraction of sp³-hybridized carbons (Fsp3) is 0.600. The lowest BCUT2D eigenvalue weighted by Gasteiger charge is -2.26. The average molecular weight is 250 g/mol. The normalized spacial score (nSPS) is 26.1. The first-order valence-electron chi connectivity index (χ1n) is 6.34. The lowest BCUT2D eigenvalue weighted by molar-refractivity contribution is 0.0334. The second-order valence-corrected chi connectivity index (χ2v) is 5.97. The largest absolute Gasteiger partial charge is 0.497 e. The summed E-state index contributed by atoms with van der Waals surface area (Å²) in [4.78, 5) is 0. The van der Waals surface area contributed by atoms with Gasteiger partial charge >= 0.3 is 0 Å². The molecule has 1 saturated carbocycles. The van der Waals surface area contributed by atoms with E-state index in [1.54, 1.807) is 14.2 Å². The Morgan fingerprint density at radius 3 is 1.94 bits per heavy atom. The van der Waals surface area contributed by atoms with E-state index < -0.39 is 5.60 Å². The highest BCUT2D eigenvalue weighted by Gasteiger charge is 2.43. The first-order valence-corrected chi connectivity index (χ1v) is 6.34. The zero-order chi connectivity index (χ0) is 13.4. The van der Waals surface area contributed by atoms with E-state index in [0.717, 1.165) is 36.3 Å². The number of rotatable bonds is 3. The van der Waals surface area contributed by atoms with Crippen molar-refractivity contribution in [2.75, 3.05) is 14.2 Å². The van der Waals surface area contributed by atoms with Crippen molar-refractivity contribution in [3.05, 3.63) is 23.8 Å². The van der Waals surface area contributed by atoms with Gasteiger partial charge in [-0.05, 0) is 42.4 Å². The Kier molecular flexibility index (Phi) is 3.28. The third kappa shape index (κ3) is 2.46. The van der Waals surface area contributed by atoms with E-state index >= 15 is 0 Å². The van der Waals surface area contributed by atoms with Crippen LogP contribution in [0.3, 0.4) is 0 Å². The van der Waals surface area contributed by atoms with Crippen LogP contribution in [0.5, 0.6) is 11.5 Å². The van der Waals surface area contributed by atoms with Crippen LogP contribution in [-0.2, 0) is 5.60 Å². The molecule has 1 atom stereocenters. The molecule has 3 heteroatoms. The van der Waals surface area contributed by atoms with Crippen molar-refractivity contribution in [2.45, 2.75) is 38.7 Å². The Morgan fingerprint density at radius 2 is 1.56 bits per heavy atom. The van der Waals surface area contributed by atoms with Crippen LogP contribution in [-0.4, -0.2) is 19.3 Å². The summed E-state index contributed by atoms with van der Waals surface area (Å²) in [5.74, 6) is 1.45. The minimum atomic E-state index is -0.759. The highest BCUT2D eigenvalue weighted by Crippen LogP contribution is 2.49. The van der Waals surface area contributed by atoms with Crippen LogP contribution >= 0.6 is 0 Å². The highest BCUT2D eigenvalue weighted by atomic mass is 16.5. The summed E-state index contributed by atoms with van der Waals surface area (Å²) in [6.07, 6.45) is 2.59. The maximum atomic E-state index is 10.8. The van der Waals surface area contributed by atoms with E-state index in [-0.39, 0.29) is 5.41 Å². The van der Waals surface area contributed by atoms with E-state index in [1.807, 2.05) is 18.2 Å². The number of methoxy groups -OCH3 is 2. The van der Waals surface area contributed by atoms with E-state index in [0.29, 0.717) is 0 Å². The molecule has 1 N–H and O–H groups in total. The average Bonchev–Trinajstić information content (AvgIpc) is 2.64. The van der Waals surface area contributed by atoms with Crippen molar-refractivity contribution in [3.63, 3.8) is 0 Å². The van der Waals surface area contributed by atoms with Crippen molar-refractivity contribution in [3.8, 4) is 11.5 Å². The molecule has 0 aromatic heterocycles. The molecule has 100 valence electrons. The predicted molar refractivity (Wildman–Crippen MR) is 71.1 cm³/mol. The molecular formula is C15H22O3. The highest BCUT2D eigenvalue weighted by molar-refractivity contribution is 5.41. The number of aliphatic hydroxyl groups is 1. The van der Waals surface area contributed by atoms with Gasteiger partial charge in [0.15, 0.2) is 0 Å². The topological polar surface area (TPSA) is 38.7 Å². The van der Waals surface area contributed by atoms with Gasteiger partial charge in [0.2, 0.25) is 0 Å². The lowest BCUT2D eigenvalue weighted by Crippen LogP contribution is -2.23. The summed E-state index contributed by atoms with van der Waals surface area (Å²) in [5, 5.41) is 10.8. The summed E-state index contributed by atoms with van der Waals surface area (Å²) >= 11 is 0. The third-order valence-electron chi connectivity index (χ3n) is 3.88. The van der Waals surface area contributed by atoms with Crippen LogP contribution in [0.25, 0.3) is 0 Å². The van der Waals surface area contributed by atoms with Gasteiger partial charge in [0.25, 0.3) is 0 Å². The van der Waals surface area contributed by atoms with Crippen LogP contribution < -0.4 is 9.47 Å². The molecule has 1 aliphatic carbocycles. The summed E-state index contributed by atoms with van der Waals surface area (Å²) < 4.78 is 10.5. The molecule has 0 amide bonds. The summed E-state index contributed by atoms with van der Waals surface area (Å²) in [7, 11) is 3.25. The van der Waals surface area contributed by atoms with Gasteiger partial charge in [0, 0.05) is 6.07 Å². The van der Waals surface area contributed by atoms with Crippen LogP contribution in [0.4, 0.5) is 0 Å². The lowest BCUT2D eigenvalue weighted by atomic mass is 9.86. The summed E-state index contributed by atoms with van der Waals surface area (Å²) in [6.45, 7) is 4.39. The quantitative estimate of drug-likeness (QED) is 0.896. The Labute approximate surface area is 109 Å². The Morgan fingerprint density at radius 1 is 1.00 bits per heavy atom. The Bertz CT molecular complexity index is 417. The third-order valence-corrected chi connectivity index (χ3v) is 3.88. The Balaban J connectivity index is 2.38. The second-order valence-electron chi connectivity index (χ2n) is 5.97. The fourth-order valence-electron chi connectivity index (χ4n) is 2.84. The molecule has 1 fully saturated rings. The van der Waals surface area contributed by atoms with Gasteiger partial charge in [-0.15, -0.1) is 0 Å². The maximum absolute atomic E-state index is 10.8. The first kappa shape index (κ1) is 13.2. The van der Waals surface area contributed by atoms with Crippen LogP contribution in [0.15, 0.2) is 18.2 Å². The summed E-state index contributed by atoms with van der Waals surface area (Å²) in [6, 6.07) is 5.64. The van der Waals surface area contributed by atoms with E-state index in [1.165, 1.54) is 0 Å². The van der Waals surface area contributed by atoms with Crippen molar-refractivity contribution in [2.24, 2.45) is 5.41 Å². The van der Waals surface area contributed by atoms with Gasteiger partial charge in [0.1, 0.15) is 11.5 Å². The second kappa shape index (κ2) is 4.47. The van der Waals surface area contributed by atoms with Crippen LogP contribution in [0, 0.1) is 5.41 Å². The monoisotopic (exact) mass is 250 g/mol. The number of ether oxygens (including phenoxy) is 2. The molecule has 1 unspecified atom stereocenters. The molecule has 1 aliphatic rings. The van der Waals surface area contributed by atoms with Gasteiger partial charge in [-0.3, -0.25) is 0 Å². The van der Waals surface area contributed by atoms with Crippen LogP contribution in [0.1, 0.15) is 38.7 Å². The molecule has 0 spiro atoms. The zero-order valence-corrected chi connectivity index (χ0v) is 11.6. The van der Waals surface area contributed by atoms with E-state index in [4.69, 9.17) is 9.47 Å². The molecule has 0 saturated heterocycles. The maximum Gasteiger partial charge on any atom is 0.122 e. The molecule has 3 nitrogen and oxygen atoms in total. The van der Waals surface area contributed by atoms with Crippen molar-refractivity contribution >= 4 is 0 Å². The predicted octanol–water partition coefficient (Wildman–Crippen LogP) is 3.10. The minimum absolute atomic E-state index is 0.186. The number of benzene rings is 1. The van der Waals surface area contributed by atoms with E-state index in [9.17, 15) is 5.11 Å². The molecule has 1 aromatic carbocycles. The molecule has 18 heavy (non-hydrogen) atoms. The van der Waals surface area contributed by atoms with Gasteiger partial charge in [0.05, 0.1) is 19.8 Å². The van der Waals surface area contributed by atoms with Crippen molar-refractivity contribution < 1.29 is 14.6 Å². The van der Waals surface area contributed by atoms with Gasteiger partial charge in [-0.2, -0.15) is 0 Å². The first-order chi connectivity index (χ1) is 8.38. The molecule has 0 heterocycles. The van der Waals surface area contributed by atoms with Crippen molar-refractivity contribution in [1.82, 2.24) is 0 Å². The van der Waals surface area contributed by atoms with Gasteiger partial charge in [-0.25, -0.2) is 0 Å². The van der Waals surface area contributed by atoms with Gasteiger partial charge < -0.3 is 14.6 Å². The fourth-order valence-corrected chi connectivity index (χ4v) is 2.84. The molecule has 1 aromatic rings. The number of hydrogen-bond donors (Lipinski definition) is 1. The molecule has 2 rings (SSSR count). The van der Waals surface area contributed by atoms with E-state index in [2.05, 4.69) is 13.8 Å². The zero-order valence-electron chi connectivity index (χ0n) is 11.6. The molecular weight excluding hydrogens is 228 g/mol. The van der Waals surface area contributed by atoms with Crippen molar-refractivity contribution in [1.29, 1.82) is 0 Å². The van der Waals surface area contributed by atoms with Crippen LogP contribution in [0.2, 0.25) is 0 Å². The standard InChI is InChI=1S/C15H22O3/c1-14(2)5-6-15(16,10-14)11-7-12(17-3)9-13(8-11)18-4/h7-9,16H,5-6,10H2,1-4H3. The summed E-state index contributed by atoms with van der Waals surface area (Å²) in [5.41, 5.74) is 0.320. The molecule has 0 aliphatic heterocycles. The smallest absolute Gasteiger partial charge is 0.122 e. The molecule has 0 radical (unpaired) electrons. The number of hydrogen-bond acceptors (Lipinski definition) is 3. The Hall–Kier alpha value is -1.22.